The Labute approximate surface area is 389 Å². The molecule has 62 heavy (non-hydrogen) atoms. The second-order valence-corrected chi connectivity index (χ2v) is 19.7. The van der Waals surface area contributed by atoms with Crippen molar-refractivity contribution in [2.75, 3.05) is 13.2 Å². The molecule has 0 spiro atoms. The zero-order valence-electron chi connectivity index (χ0n) is 42.4. The molecule has 0 aliphatic rings. The van der Waals surface area contributed by atoms with Crippen LogP contribution < -0.4 is 0 Å². The third-order valence-corrected chi connectivity index (χ3v) is 13.4. The number of carbonyl (C=O) groups is 2. The Hall–Kier alpha value is -1.10. The molecule has 0 aromatic heterocycles. The smallest absolute Gasteiger partial charge is 0.306 e. The minimum Gasteiger partial charge on any atom is -0.462 e. The summed E-state index contributed by atoms with van der Waals surface area (Å²) in [5, 5.41) is 9.65. The largest absolute Gasteiger partial charge is 0.462 e. The van der Waals surface area contributed by atoms with Crippen LogP contribution in [0.1, 0.15) is 335 Å². The highest BCUT2D eigenvalue weighted by Crippen LogP contribution is 2.18. The fraction of sp³-hybridized carbons (Fsp3) is 0.965. The monoisotopic (exact) mass is 877 g/mol. The van der Waals surface area contributed by atoms with E-state index in [4.69, 9.17) is 9.47 Å². The van der Waals surface area contributed by atoms with Gasteiger partial charge in [0.25, 0.3) is 0 Å². The average Bonchev–Trinajstić information content (AvgIpc) is 3.28. The van der Waals surface area contributed by atoms with Gasteiger partial charge in [0.2, 0.25) is 0 Å². The molecular weight excluding hydrogens is 765 g/mol. The Bertz CT molecular complexity index is 860. The topological polar surface area (TPSA) is 72.8 Å². The number of ether oxygens (including phenoxy) is 2. The van der Waals surface area contributed by atoms with Crippen molar-refractivity contribution in [2.24, 2.45) is 0 Å². The lowest BCUT2D eigenvalue weighted by atomic mass is 10.0. The molecule has 0 radical (unpaired) electrons. The van der Waals surface area contributed by atoms with Crippen LogP contribution in [0.4, 0.5) is 0 Å². The maximum absolute atomic E-state index is 12.3. The first kappa shape index (κ1) is 60.9. The van der Waals surface area contributed by atoms with Crippen molar-refractivity contribution >= 4 is 11.9 Å². The number of hydrogen-bond donors (Lipinski definition) is 1. The van der Waals surface area contributed by atoms with Crippen LogP contribution in [0.25, 0.3) is 0 Å². The zero-order valence-corrected chi connectivity index (χ0v) is 42.4. The van der Waals surface area contributed by atoms with E-state index in [9.17, 15) is 14.7 Å². The van der Waals surface area contributed by atoms with Crippen LogP contribution in [0.3, 0.4) is 0 Å². The first-order valence-electron chi connectivity index (χ1n) is 28.6. The van der Waals surface area contributed by atoms with Crippen LogP contribution in [-0.4, -0.2) is 36.4 Å². The van der Waals surface area contributed by atoms with E-state index >= 15 is 0 Å². The van der Waals surface area contributed by atoms with Crippen molar-refractivity contribution in [1.29, 1.82) is 0 Å². The summed E-state index contributed by atoms with van der Waals surface area (Å²) in [4.78, 5) is 24.5. The van der Waals surface area contributed by atoms with Crippen LogP contribution in [0.5, 0.6) is 0 Å². The van der Waals surface area contributed by atoms with E-state index < -0.39 is 6.10 Å². The quantitative estimate of drug-likeness (QED) is 0.0487. The van der Waals surface area contributed by atoms with E-state index in [0.717, 1.165) is 32.1 Å². The number of hydrogen-bond acceptors (Lipinski definition) is 5. The molecule has 0 aromatic carbocycles. The van der Waals surface area contributed by atoms with Gasteiger partial charge >= 0.3 is 11.9 Å². The van der Waals surface area contributed by atoms with E-state index in [1.165, 1.54) is 276 Å². The Morgan fingerprint density at radius 2 is 0.500 bits per heavy atom. The zero-order chi connectivity index (χ0) is 44.9. The molecule has 0 saturated heterocycles. The van der Waals surface area contributed by atoms with Gasteiger partial charge in [-0.3, -0.25) is 9.59 Å². The lowest BCUT2D eigenvalue weighted by Crippen LogP contribution is -2.28. The number of unbranched alkanes of at least 4 members (excludes halogenated alkanes) is 46. The SMILES string of the molecule is CCCCCCCCCCCCCCCCCCCCCCCCCCCCC(=O)OC(CO)COC(=O)CCCCCCCCCCCCCCCCCCCCCCCC. The molecule has 5 nitrogen and oxygen atoms in total. The van der Waals surface area contributed by atoms with E-state index in [-0.39, 0.29) is 25.2 Å². The van der Waals surface area contributed by atoms with Crippen molar-refractivity contribution in [3.8, 4) is 0 Å². The van der Waals surface area contributed by atoms with Crippen LogP contribution in [0.15, 0.2) is 0 Å². The van der Waals surface area contributed by atoms with Crippen LogP contribution in [0, 0.1) is 0 Å². The Morgan fingerprint density at radius 3 is 0.710 bits per heavy atom. The summed E-state index contributed by atoms with van der Waals surface area (Å²) in [6, 6.07) is 0. The van der Waals surface area contributed by atoms with E-state index in [1.54, 1.807) is 0 Å². The molecule has 1 N–H and O–H groups in total. The van der Waals surface area contributed by atoms with Gasteiger partial charge in [0.15, 0.2) is 6.10 Å². The van der Waals surface area contributed by atoms with E-state index in [1.807, 2.05) is 0 Å². The first-order valence-corrected chi connectivity index (χ1v) is 28.6. The highest BCUT2D eigenvalue weighted by molar-refractivity contribution is 5.70. The summed E-state index contributed by atoms with van der Waals surface area (Å²) < 4.78 is 10.7. The predicted molar refractivity (Wildman–Crippen MR) is 270 cm³/mol. The molecule has 0 heterocycles. The summed E-state index contributed by atoms with van der Waals surface area (Å²) >= 11 is 0. The van der Waals surface area contributed by atoms with Crippen molar-refractivity contribution < 1.29 is 24.2 Å². The highest BCUT2D eigenvalue weighted by Gasteiger charge is 2.16. The van der Waals surface area contributed by atoms with Crippen molar-refractivity contribution in [1.82, 2.24) is 0 Å². The summed E-state index contributed by atoms with van der Waals surface area (Å²) in [5.74, 6) is -0.563. The second-order valence-electron chi connectivity index (χ2n) is 19.7. The molecule has 0 fully saturated rings. The molecule has 0 aliphatic carbocycles. The summed E-state index contributed by atoms with van der Waals surface area (Å²) in [7, 11) is 0. The van der Waals surface area contributed by atoms with Crippen molar-refractivity contribution in [2.45, 2.75) is 341 Å². The minimum absolute atomic E-state index is 0.0557. The van der Waals surface area contributed by atoms with Crippen LogP contribution >= 0.6 is 0 Å². The Morgan fingerprint density at radius 1 is 0.306 bits per heavy atom. The van der Waals surface area contributed by atoms with Gasteiger partial charge in [0, 0.05) is 12.8 Å². The van der Waals surface area contributed by atoms with Gasteiger partial charge in [-0.05, 0) is 12.8 Å². The van der Waals surface area contributed by atoms with Crippen molar-refractivity contribution in [3.05, 3.63) is 0 Å². The fourth-order valence-corrected chi connectivity index (χ4v) is 9.09. The molecule has 0 saturated carbocycles. The van der Waals surface area contributed by atoms with Gasteiger partial charge in [-0.1, -0.05) is 309 Å². The molecule has 1 unspecified atom stereocenters. The number of aliphatic hydroxyl groups is 1. The predicted octanol–water partition coefficient (Wildman–Crippen LogP) is 19.0. The first-order chi connectivity index (χ1) is 30.6. The second kappa shape index (κ2) is 54.2. The Balaban J connectivity index is 3.39. The van der Waals surface area contributed by atoms with Crippen LogP contribution in [0.2, 0.25) is 0 Å². The highest BCUT2D eigenvalue weighted by atomic mass is 16.6. The number of carbonyl (C=O) groups excluding carboxylic acids is 2. The number of aliphatic hydroxyl groups excluding tert-OH is 1. The fourth-order valence-electron chi connectivity index (χ4n) is 9.09. The average molecular weight is 878 g/mol. The van der Waals surface area contributed by atoms with Gasteiger partial charge in [0.05, 0.1) is 6.61 Å². The maximum atomic E-state index is 12.3. The van der Waals surface area contributed by atoms with Gasteiger partial charge < -0.3 is 14.6 Å². The lowest BCUT2D eigenvalue weighted by molar-refractivity contribution is -0.161. The number of esters is 2. The third kappa shape index (κ3) is 51.5. The molecular formula is C57H112O5. The van der Waals surface area contributed by atoms with Gasteiger partial charge in [-0.15, -0.1) is 0 Å². The molecule has 0 aromatic rings. The molecule has 0 amide bonds. The van der Waals surface area contributed by atoms with Gasteiger partial charge in [-0.25, -0.2) is 0 Å². The van der Waals surface area contributed by atoms with E-state index in [0.29, 0.717) is 12.8 Å². The van der Waals surface area contributed by atoms with Crippen molar-refractivity contribution in [3.63, 3.8) is 0 Å². The maximum Gasteiger partial charge on any atom is 0.306 e. The lowest BCUT2D eigenvalue weighted by Gasteiger charge is -2.15. The molecule has 0 aliphatic heterocycles. The summed E-state index contributed by atoms with van der Waals surface area (Å²) in [6.07, 6.45) is 65.1. The molecule has 5 heteroatoms. The third-order valence-electron chi connectivity index (χ3n) is 13.4. The Kier molecular flexibility index (Phi) is 53.3. The van der Waals surface area contributed by atoms with Gasteiger partial charge in [0.1, 0.15) is 6.61 Å². The normalized spacial score (nSPS) is 12.0. The van der Waals surface area contributed by atoms with E-state index in [2.05, 4.69) is 13.8 Å². The standard InChI is InChI=1S/C57H112O5/c1-3-5-7-9-11-13-15-17-19-21-23-25-27-28-29-30-32-34-36-38-40-42-44-46-48-50-52-57(60)62-55(53-58)54-61-56(59)51-49-47-45-43-41-39-37-35-33-31-26-24-22-20-18-16-14-12-10-8-6-4-2/h55,58H,3-54H2,1-2H3. The molecule has 370 valence electrons. The molecule has 1 atom stereocenters. The summed E-state index contributed by atoms with van der Waals surface area (Å²) in [6.45, 7) is 4.21. The number of rotatable bonds is 54. The van der Waals surface area contributed by atoms with Crippen LogP contribution in [-0.2, 0) is 19.1 Å². The minimum atomic E-state index is -0.764. The summed E-state index contributed by atoms with van der Waals surface area (Å²) in [5.41, 5.74) is 0. The molecule has 0 rings (SSSR count). The van der Waals surface area contributed by atoms with Gasteiger partial charge in [-0.2, -0.15) is 0 Å². The molecule has 0 bridgehead atoms.